The number of anilines is 1. The highest BCUT2D eigenvalue weighted by Crippen LogP contribution is 2.30. The van der Waals surface area contributed by atoms with E-state index in [0.717, 1.165) is 0 Å². The number of carbonyl (C=O) groups is 1. The van der Waals surface area contributed by atoms with Gasteiger partial charge in [0.15, 0.2) is 18.1 Å². The highest BCUT2D eigenvalue weighted by molar-refractivity contribution is 7.17. The van der Waals surface area contributed by atoms with Crippen LogP contribution in [0.3, 0.4) is 0 Å². The summed E-state index contributed by atoms with van der Waals surface area (Å²) < 4.78 is 57.4. The first-order valence-electron chi connectivity index (χ1n) is 11.2. The van der Waals surface area contributed by atoms with Crippen molar-refractivity contribution in [3.63, 3.8) is 0 Å². The molecule has 1 amide bonds. The molecule has 0 aliphatic heterocycles. The summed E-state index contributed by atoms with van der Waals surface area (Å²) in [6.45, 7) is -1.56. The minimum absolute atomic E-state index is 0.0418. The van der Waals surface area contributed by atoms with Gasteiger partial charge in [0.25, 0.3) is 5.91 Å². The maximum atomic E-state index is 13.2. The van der Waals surface area contributed by atoms with E-state index in [1.54, 1.807) is 24.3 Å². The fourth-order valence-electron chi connectivity index (χ4n) is 3.44. The SMILES string of the molecule is O=C(Nc1nc(-c2ccc(OCC(F)(F)C(F)F)nc2)nc2c1cnn2-c1ccccc1)c1ccc([N+](=O)[O-])s1. The average Bonchev–Trinajstić information content (AvgIpc) is 3.61. The van der Waals surface area contributed by atoms with E-state index in [1.807, 2.05) is 6.07 Å². The van der Waals surface area contributed by atoms with Gasteiger partial charge in [-0.25, -0.2) is 28.4 Å². The highest BCUT2D eigenvalue weighted by atomic mass is 32.1. The molecule has 0 bridgehead atoms. The Labute approximate surface area is 225 Å². The van der Waals surface area contributed by atoms with Crippen molar-refractivity contribution in [3.05, 3.63) is 82.0 Å². The number of benzene rings is 1. The molecular formula is C24H15F4N7O4S. The molecule has 1 N–H and O–H groups in total. The Hall–Kier alpha value is -4.99. The Morgan fingerprint density at radius 1 is 1.10 bits per heavy atom. The van der Waals surface area contributed by atoms with Crippen LogP contribution >= 0.6 is 11.3 Å². The number of nitrogens with zero attached hydrogens (tertiary/aromatic N) is 6. The number of amides is 1. The number of thiophene rings is 1. The number of hydrogen-bond donors (Lipinski definition) is 1. The fraction of sp³-hybridized carbons (Fsp3) is 0.125. The van der Waals surface area contributed by atoms with Crippen LogP contribution in [0, 0.1) is 10.1 Å². The van der Waals surface area contributed by atoms with E-state index in [4.69, 9.17) is 4.74 Å². The van der Waals surface area contributed by atoms with Crippen LogP contribution in [-0.2, 0) is 0 Å². The van der Waals surface area contributed by atoms with Crippen LogP contribution in [-0.4, -0.2) is 54.5 Å². The van der Waals surface area contributed by atoms with Gasteiger partial charge in [0, 0.05) is 23.9 Å². The second-order valence-corrected chi connectivity index (χ2v) is 9.17. The van der Waals surface area contributed by atoms with Crippen LogP contribution < -0.4 is 10.1 Å². The average molecular weight is 573 g/mol. The molecule has 0 fully saturated rings. The lowest BCUT2D eigenvalue weighted by Gasteiger charge is -2.15. The standard InChI is InChI=1S/C24H15F4N7O4S/c25-23(26)24(27,28)12-39-17-8-6-13(10-29-17)19-31-20(33-22(36)16-7-9-18(40-16)35(37)38)15-11-30-34(21(15)32-19)14-4-2-1-3-5-14/h1-11,23H,12H2,(H,31,32,33,36). The first kappa shape index (κ1) is 26.6. The van der Waals surface area contributed by atoms with E-state index in [1.165, 1.54) is 41.3 Å². The van der Waals surface area contributed by atoms with Gasteiger partial charge in [-0.15, -0.1) is 0 Å². The van der Waals surface area contributed by atoms with E-state index in [-0.39, 0.29) is 33.0 Å². The van der Waals surface area contributed by atoms with Gasteiger partial charge in [-0.1, -0.05) is 29.5 Å². The maximum Gasteiger partial charge on any atom is 0.340 e. The maximum absolute atomic E-state index is 13.2. The fourth-order valence-corrected chi connectivity index (χ4v) is 4.15. The van der Waals surface area contributed by atoms with Gasteiger partial charge in [0.2, 0.25) is 5.88 Å². The molecule has 0 unspecified atom stereocenters. The van der Waals surface area contributed by atoms with Crippen LogP contribution in [0.25, 0.3) is 28.1 Å². The summed E-state index contributed by atoms with van der Waals surface area (Å²) in [5.41, 5.74) is 1.22. The molecule has 0 spiro atoms. The Morgan fingerprint density at radius 2 is 1.88 bits per heavy atom. The summed E-state index contributed by atoms with van der Waals surface area (Å²) in [6, 6.07) is 14.0. The van der Waals surface area contributed by atoms with Gasteiger partial charge in [0.05, 0.1) is 27.1 Å². The van der Waals surface area contributed by atoms with Gasteiger partial charge in [-0.2, -0.15) is 13.9 Å². The minimum atomic E-state index is -4.35. The largest absolute Gasteiger partial charge is 0.471 e. The molecule has 1 aromatic carbocycles. The van der Waals surface area contributed by atoms with Gasteiger partial charge < -0.3 is 10.1 Å². The van der Waals surface area contributed by atoms with Crippen LogP contribution in [0.2, 0.25) is 0 Å². The summed E-state index contributed by atoms with van der Waals surface area (Å²) in [7, 11) is 0. The number of hydrogen-bond acceptors (Lipinski definition) is 9. The molecule has 0 aliphatic rings. The smallest absolute Gasteiger partial charge is 0.340 e. The lowest BCUT2D eigenvalue weighted by molar-refractivity contribution is -0.380. The van der Waals surface area contributed by atoms with Gasteiger partial charge in [-0.3, -0.25) is 14.9 Å². The van der Waals surface area contributed by atoms with Gasteiger partial charge in [-0.05, 0) is 24.3 Å². The number of para-hydroxylation sites is 1. The summed E-state index contributed by atoms with van der Waals surface area (Å²) in [6.07, 6.45) is -1.26. The zero-order valence-corrected chi connectivity index (χ0v) is 20.7. The van der Waals surface area contributed by atoms with Crippen molar-refractivity contribution in [3.8, 4) is 23.0 Å². The normalized spacial score (nSPS) is 11.6. The number of ether oxygens (including phenoxy) is 1. The van der Waals surface area contributed by atoms with E-state index >= 15 is 0 Å². The quantitative estimate of drug-likeness (QED) is 0.141. The second kappa shape index (κ2) is 10.6. The van der Waals surface area contributed by atoms with Crippen molar-refractivity contribution >= 4 is 39.1 Å². The van der Waals surface area contributed by atoms with Crippen LogP contribution in [0.4, 0.5) is 28.4 Å². The third-order valence-corrected chi connectivity index (χ3v) is 6.42. The molecule has 0 saturated heterocycles. The Bertz CT molecular complexity index is 1690. The summed E-state index contributed by atoms with van der Waals surface area (Å²) in [5.74, 6) is -5.24. The van der Waals surface area contributed by atoms with E-state index < -0.39 is 29.8 Å². The number of rotatable bonds is 9. The monoisotopic (exact) mass is 573 g/mol. The Balaban J connectivity index is 1.51. The van der Waals surface area contributed by atoms with E-state index in [2.05, 4.69) is 25.4 Å². The lowest BCUT2D eigenvalue weighted by atomic mass is 10.2. The molecule has 0 aliphatic carbocycles. The number of aromatic nitrogens is 5. The number of carbonyl (C=O) groups excluding carboxylic acids is 1. The number of pyridine rings is 1. The lowest BCUT2D eigenvalue weighted by Crippen LogP contribution is -2.33. The van der Waals surface area contributed by atoms with Crippen LogP contribution in [0.15, 0.2) is 67.0 Å². The number of nitro groups is 1. The third kappa shape index (κ3) is 5.42. The number of fused-ring (bicyclic) bond motifs is 1. The first-order valence-corrected chi connectivity index (χ1v) is 12.1. The van der Waals surface area contributed by atoms with Crippen molar-refractivity contribution < 1.29 is 32.0 Å². The van der Waals surface area contributed by atoms with Crippen molar-refractivity contribution in [2.75, 3.05) is 11.9 Å². The number of halogens is 4. The first-order chi connectivity index (χ1) is 19.1. The van der Waals surface area contributed by atoms with Crippen LogP contribution in [0.1, 0.15) is 9.67 Å². The molecular weight excluding hydrogens is 558 g/mol. The zero-order chi connectivity index (χ0) is 28.4. The van der Waals surface area contributed by atoms with Gasteiger partial charge in [0.1, 0.15) is 5.82 Å². The van der Waals surface area contributed by atoms with Crippen LogP contribution in [0.5, 0.6) is 5.88 Å². The highest BCUT2D eigenvalue weighted by Gasteiger charge is 2.41. The molecule has 4 aromatic heterocycles. The molecule has 0 atom stereocenters. The topological polar surface area (TPSA) is 138 Å². The van der Waals surface area contributed by atoms with E-state index in [0.29, 0.717) is 28.1 Å². The molecule has 16 heteroatoms. The van der Waals surface area contributed by atoms with Crippen molar-refractivity contribution in [1.29, 1.82) is 0 Å². The Morgan fingerprint density at radius 3 is 2.52 bits per heavy atom. The second-order valence-electron chi connectivity index (χ2n) is 8.11. The number of alkyl halides is 4. The predicted octanol–water partition coefficient (Wildman–Crippen LogP) is 5.38. The van der Waals surface area contributed by atoms with Crippen molar-refractivity contribution in [2.45, 2.75) is 12.3 Å². The summed E-state index contributed by atoms with van der Waals surface area (Å²) in [5, 5.41) is 18.1. The third-order valence-electron chi connectivity index (χ3n) is 5.38. The van der Waals surface area contributed by atoms with Gasteiger partial charge >= 0.3 is 17.3 Å². The molecule has 5 rings (SSSR count). The molecule has 4 heterocycles. The molecule has 0 saturated carbocycles. The van der Waals surface area contributed by atoms with Crippen molar-refractivity contribution in [1.82, 2.24) is 24.7 Å². The summed E-state index contributed by atoms with van der Waals surface area (Å²) in [4.78, 5) is 36.2. The summed E-state index contributed by atoms with van der Waals surface area (Å²) >= 11 is 0.686. The number of nitrogens with one attached hydrogen (secondary N) is 1. The van der Waals surface area contributed by atoms with Crippen molar-refractivity contribution in [2.24, 2.45) is 0 Å². The molecule has 11 nitrogen and oxygen atoms in total. The zero-order valence-electron chi connectivity index (χ0n) is 19.9. The van der Waals surface area contributed by atoms with E-state index in [9.17, 15) is 32.5 Å². The predicted molar refractivity (Wildman–Crippen MR) is 135 cm³/mol. The minimum Gasteiger partial charge on any atom is -0.471 e. The molecule has 204 valence electrons. The molecule has 0 radical (unpaired) electrons. The Kier molecular flexibility index (Phi) is 7.08. The molecule has 40 heavy (non-hydrogen) atoms. The molecule has 5 aromatic rings.